The maximum atomic E-state index is 11.8. The van der Waals surface area contributed by atoms with E-state index in [9.17, 15) is 4.79 Å². The quantitative estimate of drug-likeness (QED) is 0.547. The van der Waals surface area contributed by atoms with Gasteiger partial charge in [0.05, 0.1) is 5.54 Å². The van der Waals surface area contributed by atoms with E-state index in [0.717, 1.165) is 31.3 Å². The molecule has 3 nitrogen and oxygen atoms in total. The molecule has 3 heteroatoms. The van der Waals surface area contributed by atoms with Gasteiger partial charge in [0.25, 0.3) is 0 Å². The summed E-state index contributed by atoms with van der Waals surface area (Å²) in [7, 11) is 0. The van der Waals surface area contributed by atoms with Gasteiger partial charge in [0.15, 0.2) is 0 Å². The van der Waals surface area contributed by atoms with Gasteiger partial charge in [-0.3, -0.25) is 4.79 Å². The number of rotatable bonds is 4. The molecule has 0 aliphatic carbocycles. The van der Waals surface area contributed by atoms with Crippen molar-refractivity contribution in [1.29, 1.82) is 0 Å². The van der Waals surface area contributed by atoms with Crippen molar-refractivity contribution < 1.29 is 4.79 Å². The van der Waals surface area contributed by atoms with Crippen LogP contribution >= 0.6 is 0 Å². The zero-order chi connectivity index (χ0) is 11.5. The zero-order valence-corrected chi connectivity index (χ0v) is 9.81. The van der Waals surface area contributed by atoms with Gasteiger partial charge < -0.3 is 11.1 Å². The molecule has 1 saturated heterocycles. The van der Waals surface area contributed by atoms with Crippen molar-refractivity contribution in [2.45, 2.75) is 45.1 Å². The smallest absolute Gasteiger partial charge is 0.224 e. The molecule has 0 bridgehead atoms. The third kappa shape index (κ3) is 3.06. The average Bonchev–Trinajstić information content (AvgIpc) is 2.13. The number of nitrogens with one attached hydrogen (secondary N) is 1. The van der Waals surface area contributed by atoms with Gasteiger partial charge in [-0.1, -0.05) is 18.6 Å². The van der Waals surface area contributed by atoms with Gasteiger partial charge in [0, 0.05) is 5.92 Å². The first-order valence-electron chi connectivity index (χ1n) is 5.67. The van der Waals surface area contributed by atoms with Crippen molar-refractivity contribution in [3.63, 3.8) is 0 Å². The highest BCUT2D eigenvalue weighted by Crippen LogP contribution is 2.30. The largest absolute Gasteiger partial charge is 0.347 e. The Hall–Kier alpha value is -0.830. The van der Waals surface area contributed by atoms with Crippen molar-refractivity contribution in [3.05, 3.63) is 12.2 Å². The van der Waals surface area contributed by atoms with Crippen LogP contribution in [0.15, 0.2) is 12.2 Å². The Morgan fingerprint density at radius 2 is 2.20 bits per heavy atom. The molecular weight excluding hydrogens is 188 g/mol. The number of unbranched alkanes of at least 4 members (excludes halogenated alkanes) is 1. The summed E-state index contributed by atoms with van der Waals surface area (Å²) in [5.41, 5.74) is 6.32. The van der Waals surface area contributed by atoms with E-state index >= 15 is 0 Å². The molecule has 1 aliphatic rings. The Labute approximate surface area is 92.1 Å². The summed E-state index contributed by atoms with van der Waals surface area (Å²) in [4.78, 5) is 11.8. The van der Waals surface area contributed by atoms with Gasteiger partial charge >= 0.3 is 0 Å². The van der Waals surface area contributed by atoms with Crippen molar-refractivity contribution >= 4 is 5.91 Å². The summed E-state index contributed by atoms with van der Waals surface area (Å²) < 4.78 is 0. The van der Waals surface area contributed by atoms with E-state index in [-0.39, 0.29) is 17.4 Å². The number of carbonyl (C=O) groups is 1. The third-order valence-corrected chi connectivity index (χ3v) is 3.19. The van der Waals surface area contributed by atoms with Crippen LogP contribution in [0.4, 0.5) is 0 Å². The molecule has 1 fully saturated rings. The lowest BCUT2D eigenvalue weighted by Crippen LogP contribution is -2.52. The van der Waals surface area contributed by atoms with Crippen molar-refractivity contribution in [2.24, 2.45) is 11.7 Å². The molecule has 0 radical (unpaired) electrons. The molecule has 1 unspecified atom stereocenters. The fourth-order valence-corrected chi connectivity index (χ4v) is 1.91. The molecule has 1 amide bonds. The second-order valence-corrected chi connectivity index (χ2v) is 4.90. The SMILES string of the molecule is C=C1CC(CCCCN)C(=O)NC1(C)C. The minimum atomic E-state index is -0.235. The number of amides is 1. The molecule has 1 atom stereocenters. The Morgan fingerprint density at radius 1 is 1.53 bits per heavy atom. The average molecular weight is 210 g/mol. The maximum Gasteiger partial charge on any atom is 0.224 e. The van der Waals surface area contributed by atoms with Crippen LogP contribution in [0.3, 0.4) is 0 Å². The fourth-order valence-electron chi connectivity index (χ4n) is 1.91. The van der Waals surface area contributed by atoms with Crippen LogP contribution in [0.2, 0.25) is 0 Å². The van der Waals surface area contributed by atoms with Gasteiger partial charge in [0.2, 0.25) is 5.91 Å². The molecule has 3 N–H and O–H groups in total. The first kappa shape index (κ1) is 12.2. The number of piperidine rings is 1. The van der Waals surface area contributed by atoms with Crippen LogP contribution in [0, 0.1) is 5.92 Å². The normalized spacial score (nSPS) is 25.1. The van der Waals surface area contributed by atoms with Crippen molar-refractivity contribution in [3.8, 4) is 0 Å². The first-order chi connectivity index (χ1) is 6.97. The summed E-state index contributed by atoms with van der Waals surface area (Å²) in [5.74, 6) is 0.279. The van der Waals surface area contributed by atoms with E-state index in [2.05, 4.69) is 11.9 Å². The highest BCUT2D eigenvalue weighted by atomic mass is 16.2. The van der Waals surface area contributed by atoms with E-state index < -0.39 is 0 Å². The van der Waals surface area contributed by atoms with Gasteiger partial charge in [-0.15, -0.1) is 0 Å². The Bertz CT molecular complexity index is 258. The summed E-state index contributed by atoms with van der Waals surface area (Å²) in [6.07, 6.45) is 3.78. The monoisotopic (exact) mass is 210 g/mol. The molecule has 0 aromatic carbocycles. The van der Waals surface area contributed by atoms with Crippen LogP contribution in [0.1, 0.15) is 39.5 Å². The zero-order valence-electron chi connectivity index (χ0n) is 9.81. The molecular formula is C12H22N2O. The Balaban J connectivity index is 2.48. The highest BCUT2D eigenvalue weighted by molar-refractivity contribution is 5.81. The van der Waals surface area contributed by atoms with E-state index in [1.165, 1.54) is 0 Å². The van der Waals surface area contributed by atoms with Crippen molar-refractivity contribution in [2.75, 3.05) is 6.54 Å². The standard InChI is InChI=1S/C12H22N2O/c1-9-8-10(6-4-5-7-13)11(15)14-12(9,2)3/h10H,1,4-8,13H2,2-3H3,(H,14,15). The predicted molar refractivity (Wildman–Crippen MR) is 62.4 cm³/mol. The number of nitrogens with two attached hydrogens (primary N) is 1. The lowest BCUT2D eigenvalue weighted by molar-refractivity contribution is -0.128. The predicted octanol–water partition coefficient (Wildman–Crippen LogP) is 1.59. The minimum absolute atomic E-state index is 0.108. The molecule has 0 aromatic rings. The van der Waals surface area contributed by atoms with Crippen LogP contribution in [-0.4, -0.2) is 18.0 Å². The van der Waals surface area contributed by atoms with Crippen LogP contribution in [0.5, 0.6) is 0 Å². The fraction of sp³-hybridized carbons (Fsp3) is 0.750. The van der Waals surface area contributed by atoms with Crippen LogP contribution < -0.4 is 11.1 Å². The molecule has 0 aromatic heterocycles. The minimum Gasteiger partial charge on any atom is -0.347 e. The van der Waals surface area contributed by atoms with Gasteiger partial charge in [-0.05, 0) is 39.7 Å². The summed E-state index contributed by atoms with van der Waals surface area (Å²) in [6, 6.07) is 0. The summed E-state index contributed by atoms with van der Waals surface area (Å²) in [6.45, 7) is 8.76. The topological polar surface area (TPSA) is 55.1 Å². The number of hydrogen-bond donors (Lipinski definition) is 2. The number of carbonyl (C=O) groups excluding carboxylic acids is 1. The molecule has 0 spiro atoms. The molecule has 1 aliphatic heterocycles. The number of hydrogen-bond acceptors (Lipinski definition) is 2. The van der Waals surface area contributed by atoms with Crippen LogP contribution in [-0.2, 0) is 4.79 Å². The molecule has 0 saturated carbocycles. The van der Waals surface area contributed by atoms with E-state index in [0.29, 0.717) is 6.54 Å². The molecule has 15 heavy (non-hydrogen) atoms. The van der Waals surface area contributed by atoms with E-state index in [1.54, 1.807) is 0 Å². The lowest BCUT2D eigenvalue weighted by atomic mass is 9.80. The second kappa shape index (κ2) is 4.79. The molecule has 1 heterocycles. The molecule has 86 valence electrons. The Kier molecular flexibility index (Phi) is 3.91. The van der Waals surface area contributed by atoms with Crippen molar-refractivity contribution in [1.82, 2.24) is 5.32 Å². The summed E-state index contributed by atoms with van der Waals surface area (Å²) >= 11 is 0. The Morgan fingerprint density at radius 3 is 2.80 bits per heavy atom. The second-order valence-electron chi connectivity index (χ2n) is 4.90. The van der Waals surface area contributed by atoms with Gasteiger partial charge in [-0.25, -0.2) is 0 Å². The summed E-state index contributed by atoms with van der Waals surface area (Å²) in [5, 5.41) is 3.01. The van der Waals surface area contributed by atoms with E-state index in [1.807, 2.05) is 13.8 Å². The lowest BCUT2D eigenvalue weighted by Gasteiger charge is -2.37. The van der Waals surface area contributed by atoms with Crippen LogP contribution in [0.25, 0.3) is 0 Å². The van der Waals surface area contributed by atoms with E-state index in [4.69, 9.17) is 5.73 Å². The highest BCUT2D eigenvalue weighted by Gasteiger charge is 2.34. The molecule has 1 rings (SSSR count). The third-order valence-electron chi connectivity index (χ3n) is 3.19. The van der Waals surface area contributed by atoms with Gasteiger partial charge in [-0.2, -0.15) is 0 Å². The van der Waals surface area contributed by atoms with Gasteiger partial charge in [0.1, 0.15) is 0 Å². The maximum absolute atomic E-state index is 11.8. The first-order valence-corrected chi connectivity index (χ1v) is 5.67.